The fourth-order valence-corrected chi connectivity index (χ4v) is 4.51. The van der Waals surface area contributed by atoms with Gasteiger partial charge >= 0.3 is 11.9 Å². The molecule has 1 aliphatic heterocycles. The van der Waals surface area contributed by atoms with Crippen LogP contribution < -0.4 is 10.3 Å². The van der Waals surface area contributed by atoms with E-state index in [4.69, 9.17) is 4.42 Å². The van der Waals surface area contributed by atoms with Crippen molar-refractivity contribution >= 4 is 28.4 Å². The van der Waals surface area contributed by atoms with E-state index in [1.807, 2.05) is 4.90 Å². The molecule has 11 heteroatoms. The van der Waals surface area contributed by atoms with Gasteiger partial charge in [-0.2, -0.15) is 13.2 Å². The zero-order valence-electron chi connectivity index (χ0n) is 17.2. The molecule has 0 N–H and O–H groups in total. The standard InChI is InChI=1S/C21H22F3N3O5/c22-21(23,24)14-8-15-17(28)10-19(32-20(15)16(9-14)27(30)31)26-7-6-25(12-18(26)29)11-13-4-2-1-3-5-13/h8-10,13H,1-7,11-12H2. The van der Waals surface area contributed by atoms with Crippen LogP contribution in [0, 0.1) is 16.0 Å². The van der Waals surface area contributed by atoms with Crippen molar-refractivity contribution in [2.24, 2.45) is 5.92 Å². The Morgan fingerprint density at radius 3 is 2.44 bits per heavy atom. The molecule has 172 valence electrons. The average Bonchev–Trinajstić information content (AvgIpc) is 2.73. The lowest BCUT2D eigenvalue weighted by atomic mass is 9.89. The number of piperazine rings is 1. The third-order valence-corrected chi connectivity index (χ3v) is 6.13. The van der Waals surface area contributed by atoms with Crippen LogP contribution in [0.3, 0.4) is 0 Å². The highest BCUT2D eigenvalue weighted by molar-refractivity contribution is 5.95. The first-order chi connectivity index (χ1) is 15.1. The molecule has 2 aromatic rings. The molecule has 1 aromatic heterocycles. The second kappa shape index (κ2) is 8.53. The molecule has 0 radical (unpaired) electrons. The smallest absolute Gasteiger partial charge is 0.416 e. The van der Waals surface area contributed by atoms with Gasteiger partial charge in [-0.05, 0) is 24.8 Å². The molecule has 8 nitrogen and oxygen atoms in total. The van der Waals surface area contributed by atoms with Gasteiger partial charge in [-0.1, -0.05) is 19.3 Å². The van der Waals surface area contributed by atoms with Gasteiger partial charge in [0.05, 0.1) is 22.4 Å². The van der Waals surface area contributed by atoms with E-state index in [2.05, 4.69) is 0 Å². The van der Waals surface area contributed by atoms with Crippen LogP contribution in [0.5, 0.6) is 0 Å². The fourth-order valence-electron chi connectivity index (χ4n) is 4.51. The SMILES string of the molecule is O=C1CN(CC2CCCCC2)CCN1c1cc(=O)c2cc(C(F)(F)F)cc([N+](=O)[O-])c2o1. The van der Waals surface area contributed by atoms with Crippen LogP contribution in [0.1, 0.15) is 37.7 Å². The summed E-state index contributed by atoms with van der Waals surface area (Å²) in [5.74, 6) is 0.0176. The number of halogens is 3. The molecule has 0 spiro atoms. The van der Waals surface area contributed by atoms with Crippen LogP contribution in [0.15, 0.2) is 27.4 Å². The van der Waals surface area contributed by atoms with Crippen molar-refractivity contribution < 1.29 is 27.3 Å². The Morgan fingerprint density at radius 1 is 1.09 bits per heavy atom. The Balaban J connectivity index is 1.62. The summed E-state index contributed by atoms with van der Waals surface area (Å²) in [6.45, 7) is 1.69. The summed E-state index contributed by atoms with van der Waals surface area (Å²) < 4.78 is 44.8. The normalized spacial score (nSPS) is 19.0. The second-order valence-corrected chi connectivity index (χ2v) is 8.36. The molecule has 2 heterocycles. The van der Waals surface area contributed by atoms with Gasteiger partial charge in [-0.3, -0.25) is 29.5 Å². The highest BCUT2D eigenvalue weighted by Gasteiger charge is 2.35. The van der Waals surface area contributed by atoms with Crippen LogP contribution in [-0.2, 0) is 11.0 Å². The lowest BCUT2D eigenvalue weighted by Gasteiger charge is -2.36. The van der Waals surface area contributed by atoms with Gasteiger partial charge in [0.25, 0.3) is 0 Å². The molecule has 2 aliphatic rings. The van der Waals surface area contributed by atoms with Crippen LogP contribution in [0.4, 0.5) is 24.7 Å². The van der Waals surface area contributed by atoms with E-state index in [0.29, 0.717) is 24.6 Å². The average molecular weight is 453 g/mol. The van der Waals surface area contributed by atoms with Crippen molar-refractivity contribution in [3.63, 3.8) is 0 Å². The molecule has 1 aromatic carbocycles. The Labute approximate surface area is 180 Å². The summed E-state index contributed by atoms with van der Waals surface area (Å²) in [6.07, 6.45) is 1.02. The monoisotopic (exact) mass is 453 g/mol. The van der Waals surface area contributed by atoms with E-state index in [1.165, 1.54) is 24.2 Å². The number of nitrogens with zero attached hydrogens (tertiary/aromatic N) is 3. The van der Waals surface area contributed by atoms with Gasteiger partial charge in [0.2, 0.25) is 17.4 Å². The molecule has 1 aliphatic carbocycles. The first-order valence-electron chi connectivity index (χ1n) is 10.5. The summed E-state index contributed by atoms with van der Waals surface area (Å²) in [7, 11) is 0. The first kappa shape index (κ1) is 22.3. The van der Waals surface area contributed by atoms with Crippen LogP contribution in [0.25, 0.3) is 11.0 Å². The number of alkyl halides is 3. The molecule has 1 saturated heterocycles. The Hall–Kier alpha value is -2.95. The van der Waals surface area contributed by atoms with Crippen molar-refractivity contribution in [1.29, 1.82) is 0 Å². The number of nitro benzene ring substituents is 1. The minimum absolute atomic E-state index is 0.118. The lowest BCUT2D eigenvalue weighted by Crippen LogP contribution is -2.51. The number of hydrogen-bond acceptors (Lipinski definition) is 6. The van der Waals surface area contributed by atoms with E-state index in [0.717, 1.165) is 25.5 Å². The molecule has 1 amide bonds. The fraction of sp³-hybridized carbons (Fsp3) is 0.524. The third kappa shape index (κ3) is 4.47. The van der Waals surface area contributed by atoms with E-state index in [-0.39, 0.29) is 24.9 Å². The maximum atomic E-state index is 13.1. The van der Waals surface area contributed by atoms with Crippen LogP contribution in [0.2, 0.25) is 0 Å². The number of carbonyl (C=O) groups excluding carboxylic acids is 1. The predicted octanol–water partition coefficient (Wildman–Crippen LogP) is 3.95. The number of carbonyl (C=O) groups is 1. The highest BCUT2D eigenvalue weighted by Crippen LogP contribution is 2.36. The maximum Gasteiger partial charge on any atom is 0.416 e. The van der Waals surface area contributed by atoms with Gasteiger partial charge in [0.15, 0.2) is 5.43 Å². The third-order valence-electron chi connectivity index (χ3n) is 6.13. The number of hydrogen-bond donors (Lipinski definition) is 0. The summed E-state index contributed by atoms with van der Waals surface area (Å²) >= 11 is 0. The Kier molecular flexibility index (Phi) is 5.93. The molecule has 2 fully saturated rings. The number of anilines is 1. The summed E-state index contributed by atoms with van der Waals surface area (Å²) in [5.41, 5.74) is -3.75. The molecular formula is C21H22F3N3O5. The second-order valence-electron chi connectivity index (χ2n) is 8.36. The van der Waals surface area contributed by atoms with Gasteiger partial charge in [-0.15, -0.1) is 0 Å². The van der Waals surface area contributed by atoms with E-state index >= 15 is 0 Å². The lowest BCUT2D eigenvalue weighted by molar-refractivity contribution is -0.383. The van der Waals surface area contributed by atoms with E-state index < -0.39 is 38.7 Å². The van der Waals surface area contributed by atoms with Crippen molar-refractivity contribution in [2.45, 2.75) is 38.3 Å². The predicted molar refractivity (Wildman–Crippen MR) is 110 cm³/mol. The molecular weight excluding hydrogens is 431 g/mol. The minimum Gasteiger partial charge on any atom is -0.433 e. The number of amides is 1. The van der Waals surface area contributed by atoms with Gasteiger partial charge < -0.3 is 4.42 Å². The summed E-state index contributed by atoms with van der Waals surface area (Å²) in [5, 5.41) is 10.8. The van der Waals surface area contributed by atoms with Gasteiger partial charge in [0.1, 0.15) is 0 Å². The zero-order valence-corrected chi connectivity index (χ0v) is 17.2. The molecule has 0 unspecified atom stereocenters. The van der Waals surface area contributed by atoms with Gasteiger partial charge in [0, 0.05) is 31.8 Å². The topological polar surface area (TPSA) is 96.9 Å². The number of nitro groups is 1. The van der Waals surface area contributed by atoms with Gasteiger partial charge in [-0.25, -0.2) is 0 Å². The van der Waals surface area contributed by atoms with Crippen molar-refractivity contribution in [3.05, 3.63) is 44.1 Å². The van der Waals surface area contributed by atoms with E-state index in [9.17, 15) is 32.9 Å². The number of benzene rings is 1. The number of non-ortho nitro benzene ring substituents is 1. The number of fused-ring (bicyclic) bond motifs is 1. The molecule has 1 saturated carbocycles. The largest absolute Gasteiger partial charge is 0.433 e. The van der Waals surface area contributed by atoms with Crippen molar-refractivity contribution in [2.75, 3.05) is 31.1 Å². The Morgan fingerprint density at radius 2 is 1.81 bits per heavy atom. The molecule has 32 heavy (non-hydrogen) atoms. The van der Waals surface area contributed by atoms with Crippen molar-refractivity contribution in [3.8, 4) is 0 Å². The molecule has 0 bridgehead atoms. The first-order valence-corrected chi connectivity index (χ1v) is 10.5. The van der Waals surface area contributed by atoms with Crippen LogP contribution >= 0.6 is 0 Å². The van der Waals surface area contributed by atoms with Crippen LogP contribution in [-0.4, -0.2) is 41.9 Å². The Bertz CT molecular complexity index is 1110. The van der Waals surface area contributed by atoms with E-state index in [1.54, 1.807) is 0 Å². The number of rotatable bonds is 4. The molecule has 0 atom stereocenters. The quantitative estimate of drug-likeness (QED) is 0.514. The highest BCUT2D eigenvalue weighted by atomic mass is 19.4. The minimum atomic E-state index is -4.87. The summed E-state index contributed by atoms with van der Waals surface area (Å²) in [4.78, 5) is 38.9. The summed E-state index contributed by atoms with van der Waals surface area (Å²) in [6, 6.07) is 1.78. The van der Waals surface area contributed by atoms with Crippen molar-refractivity contribution in [1.82, 2.24) is 4.90 Å². The maximum absolute atomic E-state index is 13.1. The zero-order chi connectivity index (χ0) is 23.0. The molecule has 4 rings (SSSR count).